The average Bonchev–Trinajstić information content (AvgIpc) is 2.75. The molecule has 9 heteroatoms. The Morgan fingerprint density at radius 2 is 2.00 bits per heavy atom. The van der Waals surface area contributed by atoms with Gasteiger partial charge in [-0.3, -0.25) is 9.67 Å². The summed E-state index contributed by atoms with van der Waals surface area (Å²) < 4.78 is 53.3. The van der Waals surface area contributed by atoms with Crippen LogP contribution >= 0.6 is 0 Å². The molecule has 0 radical (unpaired) electrons. The Kier molecular flexibility index (Phi) is 4.48. The van der Waals surface area contributed by atoms with Gasteiger partial charge in [0.25, 0.3) is 0 Å². The Hall–Kier alpha value is -1.61. The van der Waals surface area contributed by atoms with Crippen LogP contribution in [0.4, 0.5) is 13.2 Å². The molecule has 0 bridgehead atoms. The van der Waals surface area contributed by atoms with Crippen molar-refractivity contribution in [2.45, 2.75) is 38.2 Å². The lowest BCUT2D eigenvalue weighted by Crippen LogP contribution is -2.25. The number of alkyl halides is 3. The van der Waals surface area contributed by atoms with Crippen LogP contribution < -0.4 is 0 Å². The smallest absolute Gasteiger partial charge is 0.408 e. The Bertz CT molecular complexity index is 691. The summed E-state index contributed by atoms with van der Waals surface area (Å²) in [5.74, 6) is 0. The monoisotopic (exact) mass is 332 g/mol. The summed E-state index contributed by atoms with van der Waals surface area (Å²) in [6.07, 6.45) is -0.360. The van der Waals surface area contributed by atoms with Gasteiger partial charge in [-0.2, -0.15) is 18.3 Å². The highest BCUT2D eigenvalue weighted by Gasteiger charge is 2.29. The van der Waals surface area contributed by atoms with Crippen molar-refractivity contribution in [1.82, 2.24) is 14.8 Å². The maximum Gasteiger partial charge on any atom is 0.408 e. The minimum atomic E-state index is -4.34. The number of fused-ring (bicyclic) bond motifs is 1. The van der Waals surface area contributed by atoms with E-state index in [1.54, 1.807) is 26.8 Å². The Labute approximate surface area is 128 Å². The molecule has 0 aromatic carbocycles. The highest BCUT2D eigenvalue weighted by molar-refractivity contribution is 7.91. The molecule has 2 heterocycles. The van der Waals surface area contributed by atoms with E-state index in [1.165, 1.54) is 18.6 Å². The van der Waals surface area contributed by atoms with Gasteiger partial charge in [-0.05, 0) is 26.8 Å². The molecule has 1 unspecified atom stereocenters. The van der Waals surface area contributed by atoms with Gasteiger partial charge in [0.1, 0.15) is 28.9 Å². The van der Waals surface area contributed by atoms with Gasteiger partial charge in [0.2, 0.25) is 0 Å². The van der Waals surface area contributed by atoms with Crippen LogP contribution in [0.2, 0.25) is 0 Å². The molecule has 22 heavy (non-hydrogen) atoms. The van der Waals surface area contributed by atoms with E-state index in [0.717, 1.165) is 4.68 Å². The zero-order valence-corrected chi connectivity index (χ0v) is 13.1. The Balaban J connectivity index is 2.24. The van der Waals surface area contributed by atoms with Crippen molar-refractivity contribution in [1.29, 1.82) is 0 Å². The third-order valence-corrected chi connectivity index (χ3v) is 4.03. The third kappa shape index (κ3) is 4.20. The van der Waals surface area contributed by atoms with Crippen LogP contribution in [0, 0.1) is 0 Å². The minimum Gasteiger partial charge on any atom is -0.591 e. The predicted molar refractivity (Wildman–Crippen MR) is 79.1 cm³/mol. The largest absolute Gasteiger partial charge is 0.591 e. The van der Waals surface area contributed by atoms with Crippen molar-refractivity contribution in [3.8, 4) is 0 Å². The van der Waals surface area contributed by atoms with Crippen molar-refractivity contribution < 1.29 is 17.7 Å². The molecular weight excluding hydrogens is 317 g/mol. The molecule has 2 rings (SSSR count). The fourth-order valence-electron chi connectivity index (χ4n) is 1.62. The van der Waals surface area contributed by atoms with Gasteiger partial charge in [-0.1, -0.05) is 4.40 Å². The number of hydrogen-bond acceptors (Lipinski definition) is 4. The number of hydrogen-bond donors (Lipinski definition) is 0. The standard InChI is InChI=1S/C13H15F3N4OS/c1-12(2,3)22(21)19-6-10-4-9-5-18-20(8-13(14,15)16)11(9)7-17-10/h4-7H,8H2,1-3H3. The second-order valence-electron chi connectivity index (χ2n) is 5.68. The zero-order chi connectivity index (χ0) is 16.5. The number of rotatable bonds is 3. The molecule has 5 nitrogen and oxygen atoms in total. The lowest BCUT2D eigenvalue weighted by atomic mass is 10.3. The van der Waals surface area contributed by atoms with Crippen LogP contribution in [0.1, 0.15) is 26.5 Å². The summed E-state index contributed by atoms with van der Waals surface area (Å²) in [6.45, 7) is 4.20. The molecule has 2 aromatic heterocycles. The Morgan fingerprint density at radius 1 is 1.32 bits per heavy atom. The van der Waals surface area contributed by atoms with E-state index in [9.17, 15) is 17.7 Å². The number of halogens is 3. The van der Waals surface area contributed by atoms with Crippen LogP contribution in [0.3, 0.4) is 0 Å². The van der Waals surface area contributed by atoms with E-state index in [0.29, 0.717) is 11.1 Å². The van der Waals surface area contributed by atoms with E-state index >= 15 is 0 Å². The summed E-state index contributed by atoms with van der Waals surface area (Å²) >= 11 is -1.42. The number of pyridine rings is 1. The average molecular weight is 332 g/mol. The second kappa shape index (κ2) is 5.88. The molecule has 1 atom stereocenters. The zero-order valence-electron chi connectivity index (χ0n) is 12.3. The lowest BCUT2D eigenvalue weighted by molar-refractivity contribution is -0.141. The predicted octanol–water partition coefficient (Wildman–Crippen LogP) is 2.87. The molecule has 0 saturated heterocycles. The summed E-state index contributed by atoms with van der Waals surface area (Å²) in [7, 11) is 0. The van der Waals surface area contributed by atoms with Gasteiger partial charge >= 0.3 is 6.18 Å². The molecular formula is C13H15F3N4OS. The SMILES string of the molecule is CC(C)(C)[S+]([O-])N=Cc1cc2cnn(CC(F)(F)F)c2cn1. The first kappa shape index (κ1) is 16.8. The van der Waals surface area contributed by atoms with E-state index in [1.807, 2.05) is 0 Å². The fraction of sp³-hybridized carbons (Fsp3) is 0.462. The summed E-state index contributed by atoms with van der Waals surface area (Å²) in [5, 5.41) is 4.22. The van der Waals surface area contributed by atoms with Crippen molar-refractivity contribution >= 4 is 28.5 Å². The molecule has 0 saturated carbocycles. The second-order valence-corrected chi connectivity index (χ2v) is 7.62. The Morgan fingerprint density at radius 3 is 2.59 bits per heavy atom. The molecule has 0 aliphatic rings. The first-order valence-corrected chi connectivity index (χ1v) is 7.51. The van der Waals surface area contributed by atoms with Gasteiger partial charge in [0.15, 0.2) is 0 Å². The topological polar surface area (TPSA) is 66.1 Å². The highest BCUT2D eigenvalue weighted by Crippen LogP contribution is 2.21. The quantitative estimate of drug-likeness (QED) is 0.641. The van der Waals surface area contributed by atoms with Crippen LogP contribution in [-0.2, 0) is 17.9 Å². The van der Waals surface area contributed by atoms with Crippen LogP contribution in [0.25, 0.3) is 10.9 Å². The van der Waals surface area contributed by atoms with Crippen LogP contribution in [-0.4, -0.2) is 36.5 Å². The fourth-order valence-corrected chi connectivity index (χ4v) is 2.14. The first-order chi connectivity index (χ1) is 10.1. The van der Waals surface area contributed by atoms with Crippen molar-refractivity contribution in [2.75, 3.05) is 0 Å². The molecule has 0 aliphatic carbocycles. The van der Waals surface area contributed by atoms with Gasteiger partial charge in [-0.25, -0.2) is 0 Å². The van der Waals surface area contributed by atoms with Crippen molar-refractivity contribution in [3.63, 3.8) is 0 Å². The van der Waals surface area contributed by atoms with E-state index < -0.39 is 28.8 Å². The number of aromatic nitrogens is 3. The van der Waals surface area contributed by atoms with E-state index in [-0.39, 0.29) is 5.52 Å². The maximum atomic E-state index is 12.4. The molecule has 2 aromatic rings. The van der Waals surface area contributed by atoms with Crippen molar-refractivity contribution in [2.24, 2.45) is 4.40 Å². The molecule has 0 aliphatic heterocycles. The summed E-state index contributed by atoms with van der Waals surface area (Å²) in [4.78, 5) is 4.01. The molecule has 0 N–H and O–H groups in total. The van der Waals surface area contributed by atoms with E-state index in [4.69, 9.17) is 0 Å². The normalized spacial score (nSPS) is 14.9. The van der Waals surface area contributed by atoms with Gasteiger partial charge in [0.05, 0.1) is 23.6 Å². The third-order valence-electron chi connectivity index (χ3n) is 2.68. The molecule has 120 valence electrons. The molecule has 0 fully saturated rings. The van der Waals surface area contributed by atoms with Gasteiger partial charge in [-0.15, -0.1) is 0 Å². The molecule has 0 amide bonds. The summed E-state index contributed by atoms with van der Waals surface area (Å²) in [5.41, 5.74) is 0.697. The molecule has 0 spiro atoms. The lowest BCUT2D eigenvalue weighted by Gasteiger charge is -2.17. The first-order valence-electron chi connectivity index (χ1n) is 6.41. The minimum absolute atomic E-state index is 0.284. The van der Waals surface area contributed by atoms with Crippen LogP contribution in [0.15, 0.2) is 22.9 Å². The van der Waals surface area contributed by atoms with Crippen LogP contribution in [0.5, 0.6) is 0 Å². The maximum absolute atomic E-state index is 12.4. The number of nitrogens with zero attached hydrogens (tertiary/aromatic N) is 4. The van der Waals surface area contributed by atoms with E-state index in [2.05, 4.69) is 14.5 Å². The van der Waals surface area contributed by atoms with Gasteiger partial charge in [0, 0.05) is 5.39 Å². The van der Waals surface area contributed by atoms with Gasteiger partial charge < -0.3 is 4.55 Å². The van der Waals surface area contributed by atoms with Crippen molar-refractivity contribution in [3.05, 3.63) is 24.2 Å². The highest BCUT2D eigenvalue weighted by atomic mass is 32.2. The summed E-state index contributed by atoms with van der Waals surface area (Å²) in [6, 6.07) is 1.55.